The van der Waals surface area contributed by atoms with Gasteiger partial charge in [0.2, 0.25) is 5.91 Å². The molecule has 110 valence electrons. The van der Waals surface area contributed by atoms with Gasteiger partial charge < -0.3 is 4.90 Å². The van der Waals surface area contributed by atoms with Crippen LogP contribution in [-0.4, -0.2) is 16.8 Å². The van der Waals surface area contributed by atoms with E-state index in [9.17, 15) is 4.79 Å². The lowest BCUT2D eigenvalue weighted by atomic mass is 10.1. The van der Waals surface area contributed by atoms with E-state index >= 15 is 0 Å². The summed E-state index contributed by atoms with van der Waals surface area (Å²) >= 11 is 7.87. The molecule has 1 aromatic heterocycles. The van der Waals surface area contributed by atoms with E-state index in [0.29, 0.717) is 18.9 Å². The molecule has 2 nitrogen and oxygen atoms in total. The summed E-state index contributed by atoms with van der Waals surface area (Å²) in [6, 6.07) is 12.4. The molecule has 1 heterocycles. The number of rotatable bonds is 6. The summed E-state index contributed by atoms with van der Waals surface area (Å²) in [5.41, 5.74) is 1.05. The van der Waals surface area contributed by atoms with E-state index in [1.165, 1.54) is 4.88 Å². The van der Waals surface area contributed by atoms with Crippen LogP contribution in [0.25, 0.3) is 0 Å². The normalized spacial score (nSPS) is 14.1. The Labute approximate surface area is 134 Å². The fraction of sp³-hybridized carbons (Fsp3) is 0.353. The molecule has 1 aromatic carbocycles. The molecule has 2 aromatic rings. The fourth-order valence-electron chi connectivity index (χ4n) is 2.46. The predicted molar refractivity (Wildman–Crippen MR) is 87.7 cm³/mol. The molecule has 0 N–H and O–H groups in total. The van der Waals surface area contributed by atoms with Crippen LogP contribution in [0.5, 0.6) is 0 Å². The molecule has 0 radical (unpaired) electrons. The van der Waals surface area contributed by atoms with Gasteiger partial charge in [-0.3, -0.25) is 4.79 Å². The lowest BCUT2D eigenvalue weighted by Crippen LogP contribution is -2.32. The highest BCUT2D eigenvalue weighted by Gasteiger charge is 2.32. The zero-order chi connectivity index (χ0) is 14.7. The van der Waals surface area contributed by atoms with Crippen LogP contribution in [0.2, 0.25) is 5.02 Å². The van der Waals surface area contributed by atoms with Crippen molar-refractivity contribution in [3.05, 3.63) is 57.2 Å². The summed E-state index contributed by atoms with van der Waals surface area (Å²) in [4.78, 5) is 15.8. The van der Waals surface area contributed by atoms with Crippen LogP contribution < -0.4 is 0 Å². The lowest BCUT2D eigenvalue weighted by Gasteiger charge is -2.22. The summed E-state index contributed by atoms with van der Waals surface area (Å²) in [5, 5.41) is 2.82. The summed E-state index contributed by atoms with van der Waals surface area (Å²) in [6.07, 6.45) is 3.53. The number of amides is 1. The Bertz CT molecular complexity index is 607. The number of hydrogen-bond acceptors (Lipinski definition) is 2. The van der Waals surface area contributed by atoms with Crippen molar-refractivity contribution >= 4 is 28.8 Å². The Morgan fingerprint density at radius 2 is 2.05 bits per heavy atom. The van der Waals surface area contributed by atoms with Gasteiger partial charge >= 0.3 is 0 Å². The van der Waals surface area contributed by atoms with Crippen molar-refractivity contribution in [2.24, 2.45) is 0 Å². The largest absolute Gasteiger partial charge is 0.335 e. The van der Waals surface area contributed by atoms with Gasteiger partial charge in [-0.05, 0) is 42.3 Å². The van der Waals surface area contributed by atoms with Crippen LogP contribution in [0.3, 0.4) is 0 Å². The van der Waals surface area contributed by atoms with Crippen molar-refractivity contribution in [1.82, 2.24) is 4.90 Å². The molecule has 1 aliphatic carbocycles. The first-order chi connectivity index (χ1) is 10.2. The van der Waals surface area contributed by atoms with Gasteiger partial charge in [-0.25, -0.2) is 0 Å². The summed E-state index contributed by atoms with van der Waals surface area (Å²) in [5.74, 6) is 0.241. The molecule has 0 bridgehead atoms. The number of aryl methyl sites for hydroxylation is 1. The zero-order valence-corrected chi connectivity index (χ0v) is 13.4. The smallest absolute Gasteiger partial charge is 0.223 e. The van der Waals surface area contributed by atoms with Crippen LogP contribution >= 0.6 is 22.9 Å². The van der Waals surface area contributed by atoms with Gasteiger partial charge in [0.1, 0.15) is 0 Å². The number of halogens is 1. The maximum Gasteiger partial charge on any atom is 0.223 e. The second-order valence-corrected chi connectivity index (χ2v) is 6.86. The summed E-state index contributed by atoms with van der Waals surface area (Å²) in [7, 11) is 0. The number of thiophene rings is 1. The SMILES string of the molecule is O=C(CCc1ccccc1Cl)N(Cc1cccs1)C1CC1. The number of nitrogens with zero attached hydrogens (tertiary/aromatic N) is 1. The number of carbonyl (C=O) groups is 1. The lowest BCUT2D eigenvalue weighted by molar-refractivity contribution is -0.132. The molecule has 3 rings (SSSR count). The maximum absolute atomic E-state index is 12.5. The van der Waals surface area contributed by atoms with E-state index in [0.717, 1.165) is 30.0 Å². The highest BCUT2D eigenvalue weighted by Crippen LogP contribution is 2.30. The second kappa shape index (κ2) is 6.63. The van der Waals surface area contributed by atoms with Gasteiger partial charge in [0.15, 0.2) is 0 Å². The van der Waals surface area contributed by atoms with Crippen LogP contribution in [0.15, 0.2) is 41.8 Å². The molecule has 0 spiro atoms. The van der Waals surface area contributed by atoms with E-state index in [-0.39, 0.29) is 5.91 Å². The van der Waals surface area contributed by atoms with Gasteiger partial charge in [0.25, 0.3) is 0 Å². The average molecular weight is 320 g/mol. The maximum atomic E-state index is 12.5. The van der Waals surface area contributed by atoms with Crippen molar-refractivity contribution in [2.75, 3.05) is 0 Å². The molecule has 0 atom stereocenters. The molecule has 21 heavy (non-hydrogen) atoms. The Morgan fingerprint density at radius 1 is 1.24 bits per heavy atom. The first kappa shape index (κ1) is 14.6. The van der Waals surface area contributed by atoms with Crippen LogP contribution in [0.1, 0.15) is 29.7 Å². The van der Waals surface area contributed by atoms with Gasteiger partial charge in [-0.1, -0.05) is 35.9 Å². The predicted octanol–water partition coefficient (Wildman–Crippen LogP) is 4.53. The Morgan fingerprint density at radius 3 is 2.71 bits per heavy atom. The molecule has 4 heteroatoms. The van der Waals surface area contributed by atoms with E-state index < -0.39 is 0 Å². The molecular formula is C17H18ClNOS. The van der Waals surface area contributed by atoms with Gasteiger partial charge in [-0.2, -0.15) is 0 Å². The monoisotopic (exact) mass is 319 g/mol. The number of carbonyl (C=O) groups excluding carboxylic acids is 1. The third-order valence-electron chi connectivity index (χ3n) is 3.78. The molecule has 1 saturated carbocycles. The third kappa shape index (κ3) is 3.86. The molecule has 1 aliphatic rings. The molecule has 0 saturated heterocycles. The highest BCUT2D eigenvalue weighted by molar-refractivity contribution is 7.09. The minimum Gasteiger partial charge on any atom is -0.335 e. The molecule has 1 fully saturated rings. The minimum absolute atomic E-state index is 0.241. The van der Waals surface area contributed by atoms with E-state index in [1.807, 2.05) is 35.2 Å². The molecule has 1 amide bonds. The fourth-order valence-corrected chi connectivity index (χ4v) is 3.40. The van der Waals surface area contributed by atoms with Crippen LogP contribution in [0.4, 0.5) is 0 Å². The summed E-state index contributed by atoms with van der Waals surface area (Å²) < 4.78 is 0. The van der Waals surface area contributed by atoms with Gasteiger partial charge in [-0.15, -0.1) is 11.3 Å². The van der Waals surface area contributed by atoms with E-state index in [2.05, 4.69) is 11.4 Å². The Kier molecular flexibility index (Phi) is 4.61. The number of benzene rings is 1. The van der Waals surface area contributed by atoms with Crippen molar-refractivity contribution in [3.8, 4) is 0 Å². The van der Waals surface area contributed by atoms with E-state index in [4.69, 9.17) is 11.6 Å². The third-order valence-corrected chi connectivity index (χ3v) is 5.01. The van der Waals surface area contributed by atoms with Gasteiger partial charge in [0.05, 0.1) is 6.54 Å². The Hall–Kier alpha value is -1.32. The zero-order valence-electron chi connectivity index (χ0n) is 11.8. The van der Waals surface area contributed by atoms with Crippen LogP contribution in [-0.2, 0) is 17.8 Å². The average Bonchev–Trinajstić information content (AvgIpc) is 3.20. The van der Waals surface area contributed by atoms with Crippen molar-refractivity contribution < 1.29 is 4.79 Å². The van der Waals surface area contributed by atoms with Crippen LogP contribution in [0, 0.1) is 0 Å². The highest BCUT2D eigenvalue weighted by atomic mass is 35.5. The first-order valence-electron chi connectivity index (χ1n) is 7.29. The van der Waals surface area contributed by atoms with Crippen molar-refractivity contribution in [1.29, 1.82) is 0 Å². The quantitative estimate of drug-likeness (QED) is 0.766. The van der Waals surface area contributed by atoms with Gasteiger partial charge in [0, 0.05) is 22.4 Å². The first-order valence-corrected chi connectivity index (χ1v) is 8.55. The molecular weight excluding hydrogens is 302 g/mol. The summed E-state index contributed by atoms with van der Waals surface area (Å²) in [6.45, 7) is 0.754. The Balaban J connectivity index is 1.61. The number of hydrogen-bond donors (Lipinski definition) is 0. The standard InChI is InChI=1S/C17H18ClNOS/c18-16-6-2-1-4-13(16)7-10-17(20)19(14-8-9-14)12-15-5-3-11-21-15/h1-6,11,14H,7-10,12H2. The van der Waals surface area contributed by atoms with Crippen molar-refractivity contribution in [3.63, 3.8) is 0 Å². The topological polar surface area (TPSA) is 20.3 Å². The molecule has 0 aliphatic heterocycles. The van der Waals surface area contributed by atoms with E-state index in [1.54, 1.807) is 11.3 Å². The molecule has 0 unspecified atom stereocenters. The minimum atomic E-state index is 0.241. The second-order valence-electron chi connectivity index (χ2n) is 5.42. The van der Waals surface area contributed by atoms with Crippen molar-refractivity contribution in [2.45, 2.75) is 38.3 Å².